The first-order chi connectivity index (χ1) is 10.2. The molecule has 3 nitrogen and oxygen atoms in total. The first-order valence-electron chi connectivity index (χ1n) is 6.44. The second-order valence-corrected chi connectivity index (χ2v) is 5.33. The molecule has 0 aliphatic rings. The van der Waals surface area contributed by atoms with E-state index in [2.05, 4.69) is 15.9 Å². The Morgan fingerprint density at radius 3 is 2.71 bits per heavy atom. The normalized spacial score (nSPS) is 10.2. The maximum Gasteiger partial charge on any atom is 0.137 e. The van der Waals surface area contributed by atoms with Crippen LogP contribution in [-0.4, -0.2) is 6.54 Å². The topological polar surface area (TPSA) is 59.0 Å². The van der Waals surface area contributed by atoms with Crippen LogP contribution < -0.4 is 10.5 Å². The Kier molecular flexibility index (Phi) is 5.32. The summed E-state index contributed by atoms with van der Waals surface area (Å²) >= 11 is 3.43. The highest BCUT2D eigenvalue weighted by atomic mass is 79.9. The van der Waals surface area contributed by atoms with E-state index in [1.54, 1.807) is 12.1 Å². The smallest absolute Gasteiger partial charge is 0.137 e. The molecule has 108 valence electrons. The average molecular weight is 349 g/mol. The van der Waals surface area contributed by atoms with Gasteiger partial charge >= 0.3 is 0 Å². The first kappa shape index (κ1) is 15.5. The second-order valence-electron chi connectivity index (χ2n) is 4.47. The lowest BCUT2D eigenvalue weighted by atomic mass is 10.1. The van der Waals surface area contributed by atoms with Gasteiger partial charge in [-0.1, -0.05) is 18.2 Å². The van der Waals surface area contributed by atoms with Gasteiger partial charge in [-0.05, 0) is 52.7 Å². The molecule has 2 aromatic rings. The van der Waals surface area contributed by atoms with Gasteiger partial charge < -0.3 is 10.5 Å². The molecule has 21 heavy (non-hydrogen) atoms. The fourth-order valence-corrected chi connectivity index (χ4v) is 2.47. The summed E-state index contributed by atoms with van der Waals surface area (Å²) in [5.74, 6) is 0.230. The van der Waals surface area contributed by atoms with Crippen molar-refractivity contribution in [3.63, 3.8) is 0 Å². The Bertz CT molecular complexity index is 682. The van der Waals surface area contributed by atoms with E-state index in [-0.39, 0.29) is 6.61 Å². The summed E-state index contributed by atoms with van der Waals surface area (Å²) in [5.41, 5.74) is 7.25. The standard InChI is InChI=1S/C16H14BrFN2O/c17-14-3-1-2-12(6-7-19)16(14)21-10-13-5-4-11(9-20)8-15(13)18/h1-5,8H,6-7,10,19H2. The number of halogens is 2. The number of nitrogens with two attached hydrogens (primary N) is 1. The van der Waals surface area contributed by atoms with E-state index in [0.717, 1.165) is 10.0 Å². The van der Waals surface area contributed by atoms with E-state index >= 15 is 0 Å². The lowest BCUT2D eigenvalue weighted by Crippen LogP contribution is -2.06. The van der Waals surface area contributed by atoms with Crippen LogP contribution >= 0.6 is 15.9 Å². The van der Waals surface area contributed by atoms with Gasteiger partial charge in [0.1, 0.15) is 18.2 Å². The van der Waals surface area contributed by atoms with Gasteiger partial charge in [0.15, 0.2) is 0 Å². The summed E-state index contributed by atoms with van der Waals surface area (Å²) in [6, 6.07) is 11.9. The summed E-state index contributed by atoms with van der Waals surface area (Å²) in [6.07, 6.45) is 0.685. The monoisotopic (exact) mass is 348 g/mol. The van der Waals surface area contributed by atoms with Crippen LogP contribution in [0.15, 0.2) is 40.9 Å². The van der Waals surface area contributed by atoms with Crippen molar-refractivity contribution in [1.82, 2.24) is 0 Å². The number of nitriles is 1. The minimum atomic E-state index is -0.443. The number of benzene rings is 2. The summed E-state index contributed by atoms with van der Waals surface area (Å²) in [6.45, 7) is 0.607. The number of nitrogens with zero attached hydrogens (tertiary/aromatic N) is 1. The molecule has 0 bridgehead atoms. The van der Waals surface area contributed by atoms with Crippen molar-refractivity contribution >= 4 is 15.9 Å². The number of rotatable bonds is 5. The van der Waals surface area contributed by atoms with Crippen molar-refractivity contribution in [2.45, 2.75) is 13.0 Å². The van der Waals surface area contributed by atoms with Crippen LogP contribution in [0.5, 0.6) is 5.75 Å². The third-order valence-corrected chi connectivity index (χ3v) is 3.64. The van der Waals surface area contributed by atoms with Crippen molar-refractivity contribution in [1.29, 1.82) is 5.26 Å². The van der Waals surface area contributed by atoms with Gasteiger partial charge in [0.25, 0.3) is 0 Å². The van der Waals surface area contributed by atoms with E-state index in [4.69, 9.17) is 15.7 Å². The van der Waals surface area contributed by atoms with Crippen molar-refractivity contribution in [2.75, 3.05) is 6.54 Å². The first-order valence-corrected chi connectivity index (χ1v) is 7.23. The molecule has 0 aliphatic heterocycles. The molecule has 2 rings (SSSR count). The fourth-order valence-electron chi connectivity index (χ4n) is 1.95. The minimum absolute atomic E-state index is 0.0950. The maximum atomic E-state index is 13.8. The predicted molar refractivity (Wildman–Crippen MR) is 82.3 cm³/mol. The Hall–Kier alpha value is -1.90. The minimum Gasteiger partial charge on any atom is -0.487 e. The van der Waals surface area contributed by atoms with Crippen LogP contribution in [0.1, 0.15) is 16.7 Å². The largest absolute Gasteiger partial charge is 0.487 e. The zero-order valence-corrected chi connectivity index (χ0v) is 12.9. The molecular weight excluding hydrogens is 335 g/mol. The molecule has 0 spiro atoms. The quantitative estimate of drug-likeness (QED) is 0.898. The van der Waals surface area contributed by atoms with Crippen molar-refractivity contribution in [3.8, 4) is 11.8 Å². The van der Waals surface area contributed by atoms with Crippen LogP contribution in [0.25, 0.3) is 0 Å². The number of hydrogen-bond acceptors (Lipinski definition) is 3. The average Bonchev–Trinajstić information content (AvgIpc) is 2.48. The summed E-state index contributed by atoms with van der Waals surface area (Å²) in [5, 5.41) is 8.73. The zero-order chi connectivity index (χ0) is 15.2. The third-order valence-electron chi connectivity index (χ3n) is 3.02. The second kappa shape index (κ2) is 7.21. The Morgan fingerprint density at radius 2 is 2.05 bits per heavy atom. The van der Waals surface area contributed by atoms with E-state index in [1.807, 2.05) is 24.3 Å². The van der Waals surface area contributed by atoms with Gasteiger partial charge in [-0.25, -0.2) is 4.39 Å². The molecule has 0 amide bonds. The van der Waals surface area contributed by atoms with E-state index in [9.17, 15) is 4.39 Å². The van der Waals surface area contributed by atoms with Crippen LogP contribution in [0.2, 0.25) is 0 Å². The van der Waals surface area contributed by atoms with Crippen LogP contribution in [-0.2, 0) is 13.0 Å². The van der Waals surface area contributed by atoms with Crippen LogP contribution in [0.4, 0.5) is 4.39 Å². The molecule has 0 saturated carbocycles. The molecule has 0 aromatic heterocycles. The Balaban J connectivity index is 2.19. The van der Waals surface area contributed by atoms with Gasteiger partial charge in [-0.3, -0.25) is 0 Å². The van der Waals surface area contributed by atoms with E-state index in [1.165, 1.54) is 6.07 Å². The summed E-state index contributed by atoms with van der Waals surface area (Å²) < 4.78 is 20.4. The van der Waals surface area contributed by atoms with E-state index < -0.39 is 5.82 Å². The molecule has 0 unspecified atom stereocenters. The van der Waals surface area contributed by atoms with Crippen molar-refractivity contribution in [2.24, 2.45) is 5.73 Å². The highest BCUT2D eigenvalue weighted by Gasteiger charge is 2.10. The highest BCUT2D eigenvalue weighted by molar-refractivity contribution is 9.10. The molecule has 0 aliphatic carbocycles. The van der Waals surface area contributed by atoms with Crippen molar-refractivity contribution < 1.29 is 9.13 Å². The lowest BCUT2D eigenvalue weighted by molar-refractivity contribution is 0.295. The molecule has 0 heterocycles. The number of para-hydroxylation sites is 1. The van der Waals surface area contributed by atoms with Crippen molar-refractivity contribution in [3.05, 3.63) is 63.4 Å². The van der Waals surface area contributed by atoms with Gasteiger partial charge in [0.05, 0.1) is 16.1 Å². The molecule has 0 saturated heterocycles. The zero-order valence-electron chi connectivity index (χ0n) is 11.3. The summed E-state index contributed by atoms with van der Waals surface area (Å²) in [4.78, 5) is 0. The maximum absolute atomic E-state index is 13.8. The summed E-state index contributed by atoms with van der Waals surface area (Å²) in [7, 11) is 0. The molecule has 0 atom stereocenters. The SMILES string of the molecule is N#Cc1ccc(COc2c(Br)cccc2CCN)c(F)c1. The van der Waals surface area contributed by atoms with Gasteiger partial charge in [-0.15, -0.1) is 0 Å². The highest BCUT2D eigenvalue weighted by Crippen LogP contribution is 2.30. The third kappa shape index (κ3) is 3.81. The molecular formula is C16H14BrFN2O. The Morgan fingerprint density at radius 1 is 1.24 bits per heavy atom. The predicted octanol–water partition coefficient (Wildman–Crippen LogP) is 3.54. The van der Waals surface area contributed by atoms with Gasteiger partial charge in [0.2, 0.25) is 0 Å². The van der Waals surface area contributed by atoms with Gasteiger partial charge in [-0.2, -0.15) is 5.26 Å². The molecule has 0 fully saturated rings. The molecule has 0 radical (unpaired) electrons. The molecule has 2 aromatic carbocycles. The van der Waals surface area contributed by atoms with Crippen LogP contribution in [0, 0.1) is 17.1 Å². The molecule has 2 N–H and O–H groups in total. The number of ether oxygens (including phenoxy) is 1. The van der Waals surface area contributed by atoms with Gasteiger partial charge in [0, 0.05) is 5.56 Å². The fraction of sp³-hybridized carbons (Fsp3) is 0.188. The number of hydrogen-bond donors (Lipinski definition) is 1. The Labute approximate surface area is 131 Å². The van der Waals surface area contributed by atoms with Crippen LogP contribution in [0.3, 0.4) is 0 Å². The van der Waals surface area contributed by atoms with E-state index in [0.29, 0.717) is 29.8 Å². The lowest BCUT2D eigenvalue weighted by Gasteiger charge is -2.13. The molecule has 5 heteroatoms.